The Morgan fingerprint density at radius 1 is 1.09 bits per heavy atom. The highest BCUT2D eigenvalue weighted by Crippen LogP contribution is 2.36. The summed E-state index contributed by atoms with van der Waals surface area (Å²) in [6.07, 6.45) is 3.74. The number of morpholine rings is 1. The van der Waals surface area contributed by atoms with Crippen LogP contribution in [0.2, 0.25) is 0 Å². The second kappa shape index (κ2) is 13.4. The van der Waals surface area contributed by atoms with Crippen LogP contribution in [0.3, 0.4) is 0 Å². The molecule has 4 aromatic rings. The predicted molar refractivity (Wildman–Crippen MR) is 174 cm³/mol. The van der Waals surface area contributed by atoms with Crippen molar-refractivity contribution in [2.75, 3.05) is 46.6 Å². The first-order valence-electron chi connectivity index (χ1n) is 15.3. The van der Waals surface area contributed by atoms with Crippen molar-refractivity contribution >= 4 is 40.2 Å². The number of hydrogen-bond acceptors (Lipinski definition) is 9. The molecule has 6 rings (SSSR count). The van der Waals surface area contributed by atoms with Crippen LogP contribution in [0.25, 0.3) is 17.0 Å². The van der Waals surface area contributed by atoms with E-state index in [9.17, 15) is 14.4 Å². The number of methoxy groups -OCH3 is 1. The van der Waals surface area contributed by atoms with Crippen LogP contribution in [0.15, 0.2) is 69.7 Å². The predicted octanol–water partition coefficient (Wildman–Crippen LogP) is 3.02. The maximum atomic E-state index is 14.3. The number of allylic oxidation sites excluding steroid dienone is 1. The summed E-state index contributed by atoms with van der Waals surface area (Å²) in [5.74, 6) is 0.523. The van der Waals surface area contributed by atoms with Gasteiger partial charge in [0.1, 0.15) is 6.54 Å². The van der Waals surface area contributed by atoms with Crippen molar-refractivity contribution < 1.29 is 28.5 Å². The standard InChI is InChI=1S/C34H36N4O7S/c1-5-44-27-17-22(11-12-26(27)42-4)31-30(33(41)45-6-2)21(3)35-34-38(31)32(40)28(46-34)18-23-19-37(25-10-8-7-9-24(23)25)20-29(39)36-13-15-43-16-14-36/h7-12,17-19,31H,5-6,13-16,20H2,1-4H3/b28-18+/t31-/m0/s1. The number of thiazole rings is 1. The van der Waals surface area contributed by atoms with Crippen molar-refractivity contribution in [3.8, 4) is 11.5 Å². The van der Waals surface area contributed by atoms with Gasteiger partial charge in [-0.15, -0.1) is 0 Å². The maximum Gasteiger partial charge on any atom is 0.338 e. The van der Waals surface area contributed by atoms with E-state index in [1.54, 1.807) is 37.7 Å². The molecule has 1 atom stereocenters. The third kappa shape index (κ3) is 5.85. The van der Waals surface area contributed by atoms with Crippen LogP contribution in [-0.4, -0.2) is 72.5 Å². The lowest BCUT2D eigenvalue weighted by atomic mass is 9.95. The monoisotopic (exact) mass is 644 g/mol. The van der Waals surface area contributed by atoms with Gasteiger partial charge in [-0.1, -0.05) is 35.6 Å². The highest BCUT2D eigenvalue weighted by Gasteiger charge is 2.34. The zero-order valence-electron chi connectivity index (χ0n) is 26.3. The van der Waals surface area contributed by atoms with Crippen LogP contribution in [-0.2, 0) is 25.6 Å². The molecular formula is C34H36N4O7S. The number of para-hydroxylation sites is 1. The number of benzene rings is 2. The van der Waals surface area contributed by atoms with Gasteiger partial charge in [-0.3, -0.25) is 14.2 Å². The first-order chi connectivity index (χ1) is 22.3. The fourth-order valence-electron chi connectivity index (χ4n) is 5.96. The fourth-order valence-corrected chi connectivity index (χ4v) is 7.00. The van der Waals surface area contributed by atoms with Gasteiger partial charge < -0.3 is 28.4 Å². The SMILES string of the molecule is CCOC(=O)C1=C(C)N=c2s/c(=C/c3cn(CC(=O)N4CCOCC4)c4ccccc34)c(=O)n2[C@H]1c1ccc(OC)c(OCC)c1. The van der Waals surface area contributed by atoms with Crippen LogP contribution in [0, 0.1) is 0 Å². The summed E-state index contributed by atoms with van der Waals surface area (Å²) in [5.41, 5.74) is 2.82. The number of hydrogen-bond donors (Lipinski definition) is 0. The van der Waals surface area contributed by atoms with Crippen molar-refractivity contribution in [1.29, 1.82) is 0 Å². The molecule has 1 fully saturated rings. The molecular weight excluding hydrogens is 608 g/mol. The molecule has 46 heavy (non-hydrogen) atoms. The minimum absolute atomic E-state index is 0.0165. The summed E-state index contributed by atoms with van der Waals surface area (Å²) >= 11 is 1.25. The van der Waals surface area contributed by atoms with Crippen molar-refractivity contribution in [2.45, 2.75) is 33.4 Å². The number of esters is 1. The second-order valence-electron chi connectivity index (χ2n) is 10.9. The van der Waals surface area contributed by atoms with Gasteiger partial charge in [0.15, 0.2) is 16.3 Å². The van der Waals surface area contributed by atoms with E-state index in [1.165, 1.54) is 11.3 Å². The molecule has 2 aliphatic rings. The fraction of sp³-hybridized carbons (Fsp3) is 0.353. The van der Waals surface area contributed by atoms with Gasteiger partial charge in [-0.2, -0.15) is 0 Å². The lowest BCUT2D eigenvalue weighted by molar-refractivity contribution is -0.139. The summed E-state index contributed by atoms with van der Waals surface area (Å²) in [6, 6.07) is 12.4. The van der Waals surface area contributed by atoms with E-state index in [1.807, 2.05) is 59.0 Å². The molecule has 4 heterocycles. The quantitative estimate of drug-likeness (QED) is 0.258. The Bertz CT molecular complexity index is 2020. The zero-order valence-corrected chi connectivity index (χ0v) is 27.1. The minimum Gasteiger partial charge on any atom is -0.493 e. The molecule has 12 heteroatoms. The molecule has 2 aliphatic heterocycles. The second-order valence-corrected chi connectivity index (χ2v) is 11.9. The van der Waals surface area contributed by atoms with E-state index in [-0.39, 0.29) is 30.2 Å². The number of nitrogens with zero attached hydrogens (tertiary/aromatic N) is 4. The van der Waals surface area contributed by atoms with Crippen LogP contribution in [0.5, 0.6) is 11.5 Å². The van der Waals surface area contributed by atoms with Crippen molar-refractivity contribution in [1.82, 2.24) is 14.0 Å². The Hall–Kier alpha value is -4.68. The number of ether oxygens (including phenoxy) is 4. The van der Waals surface area contributed by atoms with E-state index in [4.69, 9.17) is 23.9 Å². The van der Waals surface area contributed by atoms with E-state index < -0.39 is 12.0 Å². The van der Waals surface area contributed by atoms with Crippen molar-refractivity contribution in [3.05, 3.63) is 90.7 Å². The summed E-state index contributed by atoms with van der Waals surface area (Å²) in [7, 11) is 1.56. The average Bonchev–Trinajstić information content (AvgIpc) is 3.56. The number of aromatic nitrogens is 2. The van der Waals surface area contributed by atoms with E-state index in [0.29, 0.717) is 65.0 Å². The van der Waals surface area contributed by atoms with E-state index in [2.05, 4.69) is 0 Å². The number of carbonyl (C=O) groups excluding carboxylic acids is 2. The van der Waals surface area contributed by atoms with Gasteiger partial charge in [-0.05, 0) is 50.6 Å². The third-order valence-electron chi connectivity index (χ3n) is 8.10. The topological polar surface area (TPSA) is 114 Å². The molecule has 0 bridgehead atoms. The van der Waals surface area contributed by atoms with Crippen LogP contribution in [0.1, 0.15) is 37.9 Å². The lowest BCUT2D eigenvalue weighted by Crippen LogP contribution is -2.42. The molecule has 0 aliphatic carbocycles. The summed E-state index contributed by atoms with van der Waals surface area (Å²) in [6.45, 7) is 8.34. The Kier molecular flexibility index (Phi) is 9.09. The van der Waals surface area contributed by atoms with Gasteiger partial charge in [0, 0.05) is 35.8 Å². The van der Waals surface area contributed by atoms with Gasteiger partial charge in [-0.25, -0.2) is 9.79 Å². The van der Waals surface area contributed by atoms with E-state index >= 15 is 0 Å². The molecule has 240 valence electrons. The van der Waals surface area contributed by atoms with Crippen molar-refractivity contribution in [2.24, 2.45) is 4.99 Å². The first-order valence-corrected chi connectivity index (χ1v) is 16.1. The number of rotatable bonds is 9. The largest absolute Gasteiger partial charge is 0.493 e. The number of fused-ring (bicyclic) bond motifs is 2. The Morgan fingerprint density at radius 2 is 1.87 bits per heavy atom. The Morgan fingerprint density at radius 3 is 2.61 bits per heavy atom. The third-order valence-corrected chi connectivity index (χ3v) is 9.08. The Labute approximate surface area is 269 Å². The molecule has 0 radical (unpaired) electrons. The molecule has 11 nitrogen and oxygen atoms in total. The van der Waals surface area contributed by atoms with Crippen LogP contribution < -0.4 is 24.4 Å². The Balaban J connectivity index is 1.48. The molecule has 0 saturated carbocycles. The zero-order chi connectivity index (χ0) is 32.4. The van der Waals surface area contributed by atoms with Gasteiger partial charge in [0.2, 0.25) is 5.91 Å². The van der Waals surface area contributed by atoms with E-state index in [0.717, 1.165) is 16.5 Å². The maximum absolute atomic E-state index is 14.3. The normalized spacial score (nSPS) is 16.7. The van der Waals surface area contributed by atoms with Crippen molar-refractivity contribution in [3.63, 3.8) is 0 Å². The number of carbonyl (C=O) groups is 2. The molecule has 0 unspecified atom stereocenters. The van der Waals surface area contributed by atoms with Gasteiger partial charge in [0.05, 0.1) is 55.4 Å². The molecule has 0 spiro atoms. The molecule has 2 aromatic carbocycles. The molecule has 2 aromatic heterocycles. The summed E-state index contributed by atoms with van der Waals surface area (Å²) in [4.78, 5) is 47.7. The average molecular weight is 645 g/mol. The summed E-state index contributed by atoms with van der Waals surface area (Å²) < 4.78 is 26.1. The molecule has 1 amide bonds. The molecule has 1 saturated heterocycles. The summed E-state index contributed by atoms with van der Waals surface area (Å²) in [5, 5.41) is 0.916. The highest BCUT2D eigenvalue weighted by atomic mass is 32.1. The smallest absolute Gasteiger partial charge is 0.338 e. The van der Waals surface area contributed by atoms with Crippen LogP contribution in [0.4, 0.5) is 0 Å². The number of amides is 1. The van der Waals surface area contributed by atoms with Gasteiger partial charge >= 0.3 is 5.97 Å². The lowest BCUT2D eigenvalue weighted by Gasteiger charge is -2.27. The van der Waals surface area contributed by atoms with Crippen LogP contribution >= 0.6 is 11.3 Å². The first kappa shape index (κ1) is 31.3. The van der Waals surface area contributed by atoms with Gasteiger partial charge in [0.25, 0.3) is 5.56 Å². The highest BCUT2D eigenvalue weighted by molar-refractivity contribution is 7.07. The molecule has 0 N–H and O–H groups in total. The minimum atomic E-state index is -0.796.